The molecular weight excluding hydrogens is 531 g/mol. The van der Waals surface area contributed by atoms with E-state index in [0.717, 1.165) is 22.8 Å². The van der Waals surface area contributed by atoms with Crippen LogP contribution in [0, 0.1) is 0 Å². The maximum absolute atomic E-state index is 13.9. The highest BCUT2D eigenvalue weighted by atomic mass is 35.5. The first kappa shape index (κ1) is 28.5. The monoisotopic (exact) mass is 562 g/mol. The Kier molecular flexibility index (Phi) is 9.85. The second-order valence-electron chi connectivity index (χ2n) is 9.51. The van der Waals surface area contributed by atoms with E-state index in [1.54, 1.807) is 18.2 Å². The Morgan fingerprint density at radius 3 is 2.23 bits per heavy atom. The van der Waals surface area contributed by atoms with Gasteiger partial charge in [0, 0.05) is 40.0 Å². The quantitative estimate of drug-likeness (QED) is 0.212. The summed E-state index contributed by atoms with van der Waals surface area (Å²) in [4.78, 5) is 29.1. The second kappa shape index (κ2) is 13.5. The molecule has 4 rings (SSSR count). The number of nitrogens with zero attached hydrogens (tertiary/aromatic N) is 1. The summed E-state index contributed by atoms with van der Waals surface area (Å²) in [6.45, 7) is 3.75. The number of amides is 2. The molecule has 4 aromatic rings. The fraction of sp³-hybridized carbons (Fsp3) is 0.250. The molecule has 4 aromatic carbocycles. The molecule has 202 valence electrons. The molecule has 0 spiro atoms. The van der Waals surface area contributed by atoms with Crippen LogP contribution in [0.25, 0.3) is 10.8 Å². The zero-order valence-corrected chi connectivity index (χ0v) is 23.6. The van der Waals surface area contributed by atoms with Crippen LogP contribution in [0.1, 0.15) is 31.4 Å². The Morgan fingerprint density at radius 1 is 0.872 bits per heavy atom. The van der Waals surface area contributed by atoms with E-state index < -0.39 is 6.04 Å². The largest absolute Gasteiger partial charge is 0.483 e. The third-order valence-corrected chi connectivity index (χ3v) is 7.47. The van der Waals surface area contributed by atoms with Crippen molar-refractivity contribution in [2.45, 2.75) is 45.3 Å². The molecule has 2 atom stereocenters. The van der Waals surface area contributed by atoms with Crippen molar-refractivity contribution in [3.63, 3.8) is 0 Å². The molecule has 0 fully saturated rings. The van der Waals surface area contributed by atoms with Gasteiger partial charge in [0.25, 0.3) is 5.91 Å². The van der Waals surface area contributed by atoms with Crippen molar-refractivity contribution in [3.8, 4) is 5.75 Å². The van der Waals surface area contributed by atoms with Crippen LogP contribution >= 0.6 is 23.2 Å². The standard InChI is InChI=1S/C32H32Cl2N2O3/c1-3-22(2)35-32(38)29(19-23-11-5-4-6-12-23)36(20-26-27(33)16-10-17-28(26)34)31(37)21-39-30-18-9-14-24-13-7-8-15-25(24)30/h4-18,22,29H,3,19-21H2,1-2H3,(H,35,38)/t22-,29+/m0/s1. The number of ether oxygens (including phenoxy) is 1. The molecular formula is C32H32Cl2N2O3. The van der Waals surface area contributed by atoms with Crippen LogP contribution in [0.2, 0.25) is 10.0 Å². The Balaban J connectivity index is 1.69. The lowest BCUT2D eigenvalue weighted by Gasteiger charge is -2.32. The van der Waals surface area contributed by atoms with E-state index in [9.17, 15) is 9.59 Å². The van der Waals surface area contributed by atoms with Crippen LogP contribution in [0.3, 0.4) is 0 Å². The molecule has 39 heavy (non-hydrogen) atoms. The fourth-order valence-corrected chi connectivity index (χ4v) is 4.91. The van der Waals surface area contributed by atoms with E-state index >= 15 is 0 Å². The Morgan fingerprint density at radius 2 is 1.51 bits per heavy atom. The summed E-state index contributed by atoms with van der Waals surface area (Å²) in [7, 11) is 0. The first-order valence-electron chi connectivity index (χ1n) is 13.0. The summed E-state index contributed by atoms with van der Waals surface area (Å²) >= 11 is 13.0. The van der Waals surface area contributed by atoms with Crippen molar-refractivity contribution < 1.29 is 14.3 Å². The minimum absolute atomic E-state index is 0.0523. The lowest BCUT2D eigenvalue weighted by atomic mass is 10.0. The van der Waals surface area contributed by atoms with E-state index in [1.807, 2.05) is 86.6 Å². The molecule has 2 amide bonds. The zero-order valence-electron chi connectivity index (χ0n) is 22.1. The second-order valence-corrected chi connectivity index (χ2v) is 10.3. The van der Waals surface area contributed by atoms with Crippen LogP contribution in [-0.4, -0.2) is 35.4 Å². The van der Waals surface area contributed by atoms with Crippen molar-refractivity contribution in [1.29, 1.82) is 0 Å². The first-order chi connectivity index (χ1) is 18.9. The van der Waals surface area contributed by atoms with Crippen molar-refractivity contribution in [2.24, 2.45) is 0 Å². The summed E-state index contributed by atoms with van der Waals surface area (Å²) in [5.74, 6) is 0.00915. The number of nitrogens with one attached hydrogen (secondary N) is 1. The Labute approximate surface area is 239 Å². The maximum atomic E-state index is 13.9. The molecule has 0 radical (unpaired) electrons. The van der Waals surface area contributed by atoms with Crippen molar-refractivity contribution in [1.82, 2.24) is 10.2 Å². The summed E-state index contributed by atoms with van der Waals surface area (Å²) in [6.07, 6.45) is 1.09. The van der Waals surface area contributed by atoms with Gasteiger partial charge in [0.1, 0.15) is 11.8 Å². The van der Waals surface area contributed by atoms with E-state index in [4.69, 9.17) is 27.9 Å². The smallest absolute Gasteiger partial charge is 0.261 e. The third kappa shape index (κ3) is 7.31. The van der Waals surface area contributed by atoms with Gasteiger partial charge in [0.05, 0.1) is 0 Å². The molecule has 0 unspecified atom stereocenters. The van der Waals surface area contributed by atoms with Gasteiger partial charge in [-0.25, -0.2) is 0 Å². The van der Waals surface area contributed by atoms with Crippen molar-refractivity contribution in [3.05, 3.63) is 112 Å². The molecule has 0 bridgehead atoms. The molecule has 0 aromatic heterocycles. The summed E-state index contributed by atoms with van der Waals surface area (Å²) in [6, 6.07) is 27.5. The van der Waals surface area contributed by atoms with Crippen molar-refractivity contribution in [2.75, 3.05) is 6.61 Å². The number of fused-ring (bicyclic) bond motifs is 1. The predicted octanol–water partition coefficient (Wildman–Crippen LogP) is 7.08. The lowest BCUT2D eigenvalue weighted by Crippen LogP contribution is -2.53. The van der Waals surface area contributed by atoms with Gasteiger partial charge in [-0.15, -0.1) is 0 Å². The molecule has 0 aliphatic carbocycles. The molecule has 0 aliphatic rings. The summed E-state index contributed by atoms with van der Waals surface area (Å²) < 4.78 is 6.05. The SMILES string of the molecule is CC[C@H](C)NC(=O)[C@@H](Cc1ccccc1)N(Cc1c(Cl)cccc1Cl)C(=O)COc1cccc2ccccc12. The van der Waals surface area contributed by atoms with Crippen molar-refractivity contribution >= 4 is 45.8 Å². The molecule has 0 aliphatic heterocycles. The summed E-state index contributed by atoms with van der Waals surface area (Å²) in [5, 5.41) is 5.83. The highest BCUT2D eigenvalue weighted by molar-refractivity contribution is 6.36. The number of hydrogen-bond donors (Lipinski definition) is 1. The maximum Gasteiger partial charge on any atom is 0.261 e. The molecule has 0 saturated heterocycles. The third-order valence-electron chi connectivity index (χ3n) is 6.76. The number of carbonyl (C=O) groups is 2. The van der Waals surface area contributed by atoms with E-state index in [-0.39, 0.29) is 31.0 Å². The minimum Gasteiger partial charge on any atom is -0.483 e. The molecule has 5 nitrogen and oxygen atoms in total. The Bertz CT molecular complexity index is 1400. The molecule has 0 heterocycles. The average molecular weight is 564 g/mol. The van der Waals surface area contributed by atoms with E-state index in [2.05, 4.69) is 5.32 Å². The van der Waals surface area contributed by atoms with Gasteiger partial charge < -0.3 is 15.0 Å². The van der Waals surface area contributed by atoms with E-state index in [0.29, 0.717) is 27.8 Å². The van der Waals surface area contributed by atoms with Gasteiger partial charge in [0.15, 0.2) is 6.61 Å². The van der Waals surface area contributed by atoms with Crippen LogP contribution < -0.4 is 10.1 Å². The number of rotatable bonds is 11. The van der Waals surface area contributed by atoms with Gasteiger partial charge >= 0.3 is 0 Å². The van der Waals surface area contributed by atoms with Crippen LogP contribution in [0.15, 0.2) is 91.0 Å². The van der Waals surface area contributed by atoms with Crippen LogP contribution in [0.5, 0.6) is 5.75 Å². The minimum atomic E-state index is -0.808. The highest BCUT2D eigenvalue weighted by Gasteiger charge is 2.32. The van der Waals surface area contributed by atoms with Crippen LogP contribution in [0.4, 0.5) is 0 Å². The predicted molar refractivity (Wildman–Crippen MR) is 158 cm³/mol. The van der Waals surface area contributed by atoms with E-state index in [1.165, 1.54) is 4.90 Å². The van der Waals surface area contributed by atoms with Gasteiger partial charge in [-0.05, 0) is 42.5 Å². The van der Waals surface area contributed by atoms with Gasteiger partial charge in [-0.2, -0.15) is 0 Å². The fourth-order valence-electron chi connectivity index (χ4n) is 4.39. The molecule has 1 N–H and O–H groups in total. The molecule has 7 heteroatoms. The van der Waals surface area contributed by atoms with Gasteiger partial charge in [0.2, 0.25) is 5.91 Å². The number of benzene rings is 4. The number of carbonyl (C=O) groups excluding carboxylic acids is 2. The lowest BCUT2D eigenvalue weighted by molar-refractivity contribution is -0.143. The normalized spacial score (nSPS) is 12.5. The zero-order chi connectivity index (χ0) is 27.8. The Hall–Kier alpha value is -3.54. The average Bonchev–Trinajstić information content (AvgIpc) is 2.95. The number of hydrogen-bond acceptors (Lipinski definition) is 3. The highest BCUT2D eigenvalue weighted by Crippen LogP contribution is 2.28. The molecule has 0 saturated carbocycles. The van der Waals surface area contributed by atoms with Crippen LogP contribution in [-0.2, 0) is 22.6 Å². The van der Waals surface area contributed by atoms with Gasteiger partial charge in [-0.1, -0.05) is 103 Å². The topological polar surface area (TPSA) is 58.6 Å². The number of halogens is 2. The summed E-state index contributed by atoms with van der Waals surface area (Å²) in [5.41, 5.74) is 1.51. The van der Waals surface area contributed by atoms with Gasteiger partial charge in [-0.3, -0.25) is 9.59 Å². The first-order valence-corrected chi connectivity index (χ1v) is 13.8.